The zero-order valence-electron chi connectivity index (χ0n) is 13.5. The molecule has 114 valence electrons. The first kappa shape index (κ1) is 17.0. The van der Waals surface area contributed by atoms with E-state index in [0.717, 1.165) is 0 Å². The maximum Gasteiger partial charge on any atom is 0.0841 e. The molecule has 1 nitrogen and oxygen atoms in total. The van der Waals surface area contributed by atoms with Crippen LogP contribution >= 0.6 is 0 Å². The van der Waals surface area contributed by atoms with E-state index in [2.05, 4.69) is 13.8 Å². The van der Waals surface area contributed by atoms with Crippen molar-refractivity contribution < 1.29 is 4.74 Å². The summed E-state index contributed by atoms with van der Waals surface area (Å²) in [6, 6.07) is 0. The standard InChI is InChI=1S/C18H36O/c1-3-5-7-9-10-11-12-14-16-18-17(19-18)15-13-8-6-4-2/h17-18H,3-16H2,1-2H3/t17-,18?/m1/s1. The molecule has 1 unspecified atom stereocenters. The number of rotatable bonds is 14. The third kappa shape index (κ3) is 9.49. The van der Waals surface area contributed by atoms with Crippen LogP contribution in [0, 0.1) is 0 Å². The van der Waals surface area contributed by atoms with Crippen molar-refractivity contribution in [3.05, 3.63) is 0 Å². The van der Waals surface area contributed by atoms with Gasteiger partial charge >= 0.3 is 0 Å². The van der Waals surface area contributed by atoms with Gasteiger partial charge in [0, 0.05) is 0 Å². The Kier molecular flexibility index (Phi) is 10.5. The van der Waals surface area contributed by atoms with Gasteiger partial charge in [0.15, 0.2) is 0 Å². The molecule has 1 heteroatoms. The van der Waals surface area contributed by atoms with Gasteiger partial charge in [0.05, 0.1) is 12.2 Å². The average molecular weight is 268 g/mol. The lowest BCUT2D eigenvalue weighted by molar-refractivity contribution is 0.348. The van der Waals surface area contributed by atoms with Crippen molar-refractivity contribution in [1.29, 1.82) is 0 Å². The summed E-state index contributed by atoms with van der Waals surface area (Å²) in [7, 11) is 0. The van der Waals surface area contributed by atoms with Gasteiger partial charge in [-0.05, 0) is 12.8 Å². The molecule has 0 radical (unpaired) electrons. The Morgan fingerprint density at radius 3 is 1.37 bits per heavy atom. The molecule has 2 atom stereocenters. The Balaban J connectivity index is 1.74. The fourth-order valence-electron chi connectivity index (χ4n) is 2.94. The van der Waals surface area contributed by atoms with E-state index >= 15 is 0 Å². The molecule has 0 aromatic rings. The van der Waals surface area contributed by atoms with Crippen LogP contribution in [0.3, 0.4) is 0 Å². The summed E-state index contributed by atoms with van der Waals surface area (Å²) in [6.45, 7) is 4.56. The molecule has 0 aliphatic carbocycles. The Morgan fingerprint density at radius 2 is 0.895 bits per heavy atom. The van der Waals surface area contributed by atoms with Crippen LogP contribution in [0.1, 0.15) is 104 Å². The van der Waals surface area contributed by atoms with Gasteiger partial charge in [-0.2, -0.15) is 0 Å². The van der Waals surface area contributed by atoms with Crippen molar-refractivity contribution in [2.45, 2.75) is 116 Å². The molecule has 1 saturated heterocycles. The van der Waals surface area contributed by atoms with Gasteiger partial charge in [0.25, 0.3) is 0 Å². The highest BCUT2D eigenvalue weighted by Gasteiger charge is 2.36. The number of hydrogen-bond acceptors (Lipinski definition) is 1. The van der Waals surface area contributed by atoms with E-state index in [-0.39, 0.29) is 0 Å². The van der Waals surface area contributed by atoms with Gasteiger partial charge in [0.1, 0.15) is 0 Å². The quantitative estimate of drug-likeness (QED) is 0.268. The second kappa shape index (κ2) is 11.8. The second-order valence-corrected chi connectivity index (χ2v) is 6.33. The Morgan fingerprint density at radius 1 is 0.526 bits per heavy atom. The largest absolute Gasteiger partial charge is 0.370 e. The summed E-state index contributed by atoms with van der Waals surface area (Å²) in [5.74, 6) is 0. The zero-order valence-corrected chi connectivity index (χ0v) is 13.5. The molecule has 1 aliphatic rings. The first-order valence-electron chi connectivity index (χ1n) is 9.04. The van der Waals surface area contributed by atoms with E-state index in [0.29, 0.717) is 12.2 Å². The minimum Gasteiger partial charge on any atom is -0.370 e. The van der Waals surface area contributed by atoms with Crippen molar-refractivity contribution in [1.82, 2.24) is 0 Å². The van der Waals surface area contributed by atoms with E-state index in [1.807, 2.05) is 0 Å². The van der Waals surface area contributed by atoms with Crippen LogP contribution in [-0.2, 0) is 4.74 Å². The maximum atomic E-state index is 5.76. The Bertz CT molecular complexity index is 190. The Labute approximate surface area is 121 Å². The van der Waals surface area contributed by atoms with Crippen molar-refractivity contribution >= 4 is 0 Å². The minimum atomic E-state index is 0.640. The minimum absolute atomic E-state index is 0.640. The summed E-state index contributed by atoms with van der Waals surface area (Å²) < 4.78 is 5.76. The Hall–Kier alpha value is -0.0400. The molecule has 1 rings (SSSR count). The first-order valence-corrected chi connectivity index (χ1v) is 9.04. The molecule has 1 aliphatic heterocycles. The summed E-state index contributed by atoms with van der Waals surface area (Å²) in [6.07, 6.45) is 20.8. The lowest BCUT2D eigenvalue weighted by atomic mass is 10.0. The van der Waals surface area contributed by atoms with Crippen LogP contribution < -0.4 is 0 Å². The summed E-state index contributed by atoms with van der Waals surface area (Å²) in [4.78, 5) is 0. The highest BCUT2D eigenvalue weighted by molar-refractivity contribution is 4.84. The van der Waals surface area contributed by atoms with Crippen molar-refractivity contribution in [3.63, 3.8) is 0 Å². The zero-order chi connectivity index (χ0) is 13.8. The highest BCUT2D eigenvalue weighted by atomic mass is 16.6. The number of ether oxygens (including phenoxy) is 1. The normalized spacial score (nSPS) is 21.8. The topological polar surface area (TPSA) is 12.5 Å². The average Bonchev–Trinajstić information content (AvgIpc) is 3.16. The predicted molar refractivity (Wildman–Crippen MR) is 84.6 cm³/mol. The molecule has 0 aromatic carbocycles. The van der Waals surface area contributed by atoms with Gasteiger partial charge in [-0.3, -0.25) is 0 Å². The van der Waals surface area contributed by atoms with Gasteiger partial charge < -0.3 is 4.74 Å². The third-order valence-electron chi connectivity index (χ3n) is 4.37. The highest BCUT2D eigenvalue weighted by Crippen LogP contribution is 2.31. The van der Waals surface area contributed by atoms with Crippen molar-refractivity contribution in [2.75, 3.05) is 0 Å². The lowest BCUT2D eigenvalue weighted by Gasteiger charge is -2.00. The van der Waals surface area contributed by atoms with Gasteiger partial charge in [-0.15, -0.1) is 0 Å². The molecule has 0 bridgehead atoms. The molecule has 0 spiro atoms. The molecule has 1 heterocycles. The van der Waals surface area contributed by atoms with Crippen LogP contribution in [0.25, 0.3) is 0 Å². The van der Waals surface area contributed by atoms with Gasteiger partial charge in [-0.25, -0.2) is 0 Å². The molecular formula is C18H36O. The number of epoxide rings is 1. The van der Waals surface area contributed by atoms with Gasteiger partial charge in [-0.1, -0.05) is 90.9 Å². The monoisotopic (exact) mass is 268 g/mol. The summed E-state index contributed by atoms with van der Waals surface area (Å²) in [5, 5.41) is 0. The molecule has 1 fully saturated rings. The van der Waals surface area contributed by atoms with Crippen LogP contribution in [-0.4, -0.2) is 12.2 Å². The number of unbranched alkanes of at least 4 members (excludes halogenated alkanes) is 10. The van der Waals surface area contributed by atoms with Crippen molar-refractivity contribution in [2.24, 2.45) is 0 Å². The van der Waals surface area contributed by atoms with Crippen LogP contribution in [0.2, 0.25) is 0 Å². The summed E-state index contributed by atoms with van der Waals surface area (Å²) in [5.41, 5.74) is 0. The van der Waals surface area contributed by atoms with Gasteiger partial charge in [0.2, 0.25) is 0 Å². The van der Waals surface area contributed by atoms with Crippen molar-refractivity contribution in [3.8, 4) is 0 Å². The maximum absolute atomic E-state index is 5.76. The molecule has 0 saturated carbocycles. The third-order valence-corrected chi connectivity index (χ3v) is 4.37. The molecular weight excluding hydrogens is 232 g/mol. The van der Waals surface area contributed by atoms with E-state index in [1.165, 1.54) is 89.9 Å². The molecule has 0 aromatic heterocycles. The van der Waals surface area contributed by atoms with Crippen LogP contribution in [0.15, 0.2) is 0 Å². The first-order chi connectivity index (χ1) is 9.38. The molecule has 0 N–H and O–H groups in total. The SMILES string of the molecule is CCCCCCCCCCC1O[C@@H]1CCCCCC. The van der Waals surface area contributed by atoms with Crippen LogP contribution in [0.4, 0.5) is 0 Å². The van der Waals surface area contributed by atoms with E-state index in [9.17, 15) is 0 Å². The molecule has 19 heavy (non-hydrogen) atoms. The molecule has 0 amide bonds. The fourth-order valence-corrected chi connectivity index (χ4v) is 2.94. The van der Waals surface area contributed by atoms with Crippen LogP contribution in [0.5, 0.6) is 0 Å². The summed E-state index contributed by atoms with van der Waals surface area (Å²) >= 11 is 0. The second-order valence-electron chi connectivity index (χ2n) is 6.33. The predicted octanol–water partition coefficient (Wildman–Crippen LogP) is 6.26. The van der Waals surface area contributed by atoms with E-state index < -0.39 is 0 Å². The number of hydrogen-bond donors (Lipinski definition) is 0. The fraction of sp³-hybridized carbons (Fsp3) is 1.00. The smallest absolute Gasteiger partial charge is 0.0841 e. The lowest BCUT2D eigenvalue weighted by Crippen LogP contribution is -1.94. The van der Waals surface area contributed by atoms with E-state index in [4.69, 9.17) is 4.74 Å². The van der Waals surface area contributed by atoms with E-state index in [1.54, 1.807) is 0 Å².